The molecule has 0 bridgehead atoms. The van der Waals surface area contributed by atoms with Crippen LogP contribution in [0.1, 0.15) is 46.0 Å². The van der Waals surface area contributed by atoms with Gasteiger partial charge >= 0.3 is 5.97 Å². The van der Waals surface area contributed by atoms with Crippen LogP contribution in [0.15, 0.2) is 11.6 Å². The van der Waals surface area contributed by atoms with Gasteiger partial charge in [0.2, 0.25) is 0 Å². The number of aliphatic carboxylic acids is 1. The van der Waals surface area contributed by atoms with Crippen LogP contribution in [-0.2, 0) is 9.22 Å². The number of rotatable bonds is 9. The molecule has 16 heavy (non-hydrogen) atoms. The van der Waals surface area contributed by atoms with Gasteiger partial charge in [-0.15, -0.1) is 0 Å². The van der Waals surface area contributed by atoms with E-state index in [0.717, 1.165) is 12.8 Å². The minimum absolute atomic E-state index is 0.426. The molecule has 3 nitrogen and oxygen atoms in total. The normalized spacial score (nSPS) is 14.6. The molecule has 0 aliphatic rings. The first-order chi connectivity index (χ1) is 7.61. The molecule has 0 spiro atoms. The van der Waals surface area contributed by atoms with Gasteiger partial charge in [-0.25, -0.2) is 4.79 Å². The number of hydrogen-bond donors (Lipinski definition) is 1. The van der Waals surface area contributed by atoms with Crippen LogP contribution in [0.25, 0.3) is 0 Å². The summed E-state index contributed by atoms with van der Waals surface area (Å²) in [5.74, 6) is -0.811. The summed E-state index contributed by atoms with van der Waals surface area (Å²) in [6, 6.07) is 0. The summed E-state index contributed by atoms with van der Waals surface area (Å²) >= 11 is 0. The Morgan fingerprint density at radius 2 is 2.19 bits per heavy atom. The molecule has 0 amide bonds. The van der Waals surface area contributed by atoms with Crippen molar-refractivity contribution in [3.05, 3.63) is 11.6 Å². The summed E-state index contributed by atoms with van der Waals surface area (Å²) in [5, 5.41) is 8.71. The zero-order chi connectivity index (χ0) is 12.4. The highest BCUT2D eigenvalue weighted by Crippen LogP contribution is 2.20. The lowest BCUT2D eigenvalue weighted by Gasteiger charge is -2.13. The van der Waals surface area contributed by atoms with Gasteiger partial charge in [-0.3, -0.25) is 0 Å². The highest BCUT2D eigenvalue weighted by atomic mass is 28.2. The predicted molar refractivity (Wildman–Crippen MR) is 69.5 cm³/mol. The molecule has 1 atom stereocenters. The molecule has 0 aromatic heterocycles. The molecule has 4 heteroatoms. The molecular weight excluding hydrogens is 220 g/mol. The van der Waals surface area contributed by atoms with Gasteiger partial charge in [-0.1, -0.05) is 32.3 Å². The van der Waals surface area contributed by atoms with Gasteiger partial charge in [0.05, 0.1) is 0 Å². The van der Waals surface area contributed by atoms with Gasteiger partial charge in [-0.2, -0.15) is 0 Å². The Morgan fingerprint density at radius 3 is 2.69 bits per heavy atom. The zero-order valence-corrected chi connectivity index (χ0v) is 12.1. The van der Waals surface area contributed by atoms with E-state index < -0.39 is 15.7 Å². The minimum Gasteiger partial charge on any atom is -0.478 e. The van der Waals surface area contributed by atoms with Crippen LogP contribution in [0.2, 0.25) is 5.54 Å². The van der Waals surface area contributed by atoms with Crippen LogP contribution in [0.4, 0.5) is 0 Å². The van der Waals surface area contributed by atoms with E-state index in [1.807, 2.05) is 6.08 Å². The fourth-order valence-corrected chi connectivity index (χ4v) is 2.99. The van der Waals surface area contributed by atoms with E-state index in [1.165, 1.54) is 19.3 Å². The molecule has 0 radical (unpaired) electrons. The first-order valence-corrected chi connectivity index (χ1v) is 7.40. The second-order valence-electron chi connectivity index (χ2n) is 4.23. The van der Waals surface area contributed by atoms with Crippen LogP contribution in [0.3, 0.4) is 0 Å². The van der Waals surface area contributed by atoms with Crippen LogP contribution >= 0.6 is 0 Å². The molecule has 94 valence electrons. The first kappa shape index (κ1) is 15.4. The predicted octanol–water partition coefficient (Wildman–Crippen LogP) is 2.51. The van der Waals surface area contributed by atoms with Crippen molar-refractivity contribution in [2.24, 2.45) is 0 Å². The van der Waals surface area contributed by atoms with Crippen LogP contribution in [0.5, 0.6) is 0 Å². The van der Waals surface area contributed by atoms with Gasteiger partial charge in [0.15, 0.2) is 9.76 Å². The number of carboxylic acid groups (broad SMARTS) is 1. The van der Waals surface area contributed by atoms with Crippen molar-refractivity contribution in [1.82, 2.24) is 0 Å². The lowest BCUT2D eigenvalue weighted by Crippen LogP contribution is -2.06. The van der Waals surface area contributed by atoms with Gasteiger partial charge < -0.3 is 9.53 Å². The largest absolute Gasteiger partial charge is 0.478 e. The number of allylic oxidation sites excluding steroid dienone is 1. The topological polar surface area (TPSA) is 46.5 Å². The third kappa shape index (κ3) is 7.65. The van der Waals surface area contributed by atoms with Crippen molar-refractivity contribution in [3.8, 4) is 0 Å². The van der Waals surface area contributed by atoms with E-state index in [2.05, 4.69) is 6.92 Å². The monoisotopic (exact) mass is 244 g/mol. The molecule has 0 fully saturated rings. The van der Waals surface area contributed by atoms with Crippen molar-refractivity contribution in [3.63, 3.8) is 0 Å². The number of unbranched alkanes of at least 4 members (excludes halogenated alkanes) is 1. The molecular formula is C12H24O3Si. The Morgan fingerprint density at radius 1 is 1.50 bits per heavy atom. The van der Waals surface area contributed by atoms with Crippen molar-refractivity contribution >= 4 is 15.7 Å². The van der Waals surface area contributed by atoms with Gasteiger partial charge in [0, 0.05) is 12.7 Å². The Bertz CT molecular complexity index is 226. The van der Waals surface area contributed by atoms with Gasteiger partial charge in [-0.05, 0) is 25.3 Å². The first-order valence-electron chi connectivity index (χ1n) is 6.00. The second-order valence-corrected chi connectivity index (χ2v) is 6.30. The molecule has 0 aromatic carbocycles. The molecule has 1 unspecified atom stereocenters. The Hall–Kier alpha value is -0.613. The molecule has 0 aliphatic carbocycles. The average Bonchev–Trinajstić information content (AvgIpc) is 2.25. The summed E-state index contributed by atoms with van der Waals surface area (Å²) in [6.07, 6.45) is 7.47. The van der Waals surface area contributed by atoms with E-state index in [9.17, 15) is 4.79 Å². The summed E-state index contributed by atoms with van der Waals surface area (Å²) in [6.45, 7) is 3.84. The third-order valence-electron chi connectivity index (χ3n) is 2.73. The summed E-state index contributed by atoms with van der Waals surface area (Å²) in [4.78, 5) is 10.6. The molecule has 1 N–H and O–H groups in total. The van der Waals surface area contributed by atoms with Crippen molar-refractivity contribution in [1.29, 1.82) is 0 Å². The summed E-state index contributed by atoms with van der Waals surface area (Å²) < 4.78 is 5.31. The Labute approximate surface area is 101 Å². The van der Waals surface area contributed by atoms with Crippen molar-refractivity contribution in [2.45, 2.75) is 51.5 Å². The van der Waals surface area contributed by atoms with E-state index in [4.69, 9.17) is 9.53 Å². The van der Waals surface area contributed by atoms with Gasteiger partial charge in [0.25, 0.3) is 0 Å². The van der Waals surface area contributed by atoms with Crippen molar-refractivity contribution in [2.75, 3.05) is 7.11 Å². The number of carbonyl (C=O) groups is 1. The maximum absolute atomic E-state index is 10.6. The van der Waals surface area contributed by atoms with E-state index in [0.29, 0.717) is 11.1 Å². The van der Waals surface area contributed by atoms with E-state index >= 15 is 0 Å². The van der Waals surface area contributed by atoms with Crippen LogP contribution < -0.4 is 0 Å². The van der Waals surface area contributed by atoms with E-state index in [1.54, 1.807) is 14.0 Å². The lowest BCUT2D eigenvalue weighted by atomic mass is 10.1. The highest BCUT2D eigenvalue weighted by Gasteiger charge is 2.08. The van der Waals surface area contributed by atoms with Gasteiger partial charge in [0.1, 0.15) is 0 Å². The van der Waals surface area contributed by atoms with Crippen LogP contribution in [-0.4, -0.2) is 27.9 Å². The molecule has 0 saturated heterocycles. The summed E-state index contributed by atoms with van der Waals surface area (Å²) in [7, 11) is 1.36. The molecule has 0 aliphatic heterocycles. The quantitative estimate of drug-likeness (QED) is 0.501. The smallest absolute Gasteiger partial charge is 0.330 e. The molecule has 0 heterocycles. The molecule has 0 saturated carbocycles. The van der Waals surface area contributed by atoms with E-state index in [-0.39, 0.29) is 0 Å². The maximum Gasteiger partial charge on any atom is 0.330 e. The standard InChI is InChI=1S/C12H24O3Si/c1-4-5-8-11(16-15-3)9-6-7-10(2)12(13)14/h7,11H,4-6,8-9,16H2,1-3H3,(H,13,14)/b10-7+. The fraction of sp³-hybridized carbons (Fsp3) is 0.750. The minimum atomic E-state index is -0.811. The Kier molecular flexibility index (Phi) is 9.23. The Balaban J connectivity index is 3.91. The SMILES string of the molecule is CCCCC(CC/C=C(\C)C(=O)O)[SiH2]OC. The maximum atomic E-state index is 10.6. The highest BCUT2D eigenvalue weighted by molar-refractivity contribution is 6.29. The molecule has 0 rings (SSSR count). The number of carboxylic acids is 1. The molecule has 0 aromatic rings. The lowest BCUT2D eigenvalue weighted by molar-refractivity contribution is -0.132. The summed E-state index contributed by atoms with van der Waals surface area (Å²) in [5.41, 5.74) is 1.15. The second kappa shape index (κ2) is 9.60. The zero-order valence-electron chi connectivity index (χ0n) is 10.7. The average molecular weight is 244 g/mol. The van der Waals surface area contributed by atoms with Crippen molar-refractivity contribution < 1.29 is 14.3 Å². The number of hydrogen-bond acceptors (Lipinski definition) is 2. The fourth-order valence-electron chi connectivity index (χ4n) is 1.66. The third-order valence-corrected chi connectivity index (χ3v) is 4.35. The van der Waals surface area contributed by atoms with Crippen LogP contribution in [0, 0.1) is 0 Å².